The van der Waals surface area contributed by atoms with Crippen molar-refractivity contribution in [2.75, 3.05) is 10.6 Å². The van der Waals surface area contributed by atoms with Crippen molar-refractivity contribution in [3.05, 3.63) is 96.3 Å². The second-order valence-corrected chi connectivity index (χ2v) is 6.83. The molecule has 4 nitrogen and oxygen atoms in total. The SMILES string of the molecule is Cc1cc(C)cc(-c2cccc(Nc3nccnc3Nc3ccccc3)c2)c1. The van der Waals surface area contributed by atoms with Gasteiger partial charge in [0.15, 0.2) is 11.6 Å². The molecular weight excluding hydrogens is 344 g/mol. The van der Waals surface area contributed by atoms with Gasteiger partial charge < -0.3 is 10.6 Å². The summed E-state index contributed by atoms with van der Waals surface area (Å²) >= 11 is 0. The maximum atomic E-state index is 4.46. The number of benzene rings is 3. The standard InChI is InChI=1S/C24H22N4/c1-17-13-18(2)15-20(14-17)19-7-6-10-22(16-19)28-24-23(25-11-12-26-24)27-21-8-4-3-5-9-21/h3-16H,1-2H3,(H,25,27)(H,26,28). The van der Waals surface area contributed by atoms with Gasteiger partial charge in [-0.15, -0.1) is 0 Å². The average molecular weight is 366 g/mol. The van der Waals surface area contributed by atoms with Crippen LogP contribution in [0.4, 0.5) is 23.0 Å². The summed E-state index contributed by atoms with van der Waals surface area (Å²) < 4.78 is 0. The Morgan fingerprint density at radius 2 is 1.18 bits per heavy atom. The number of aryl methyl sites for hydroxylation is 2. The first-order valence-corrected chi connectivity index (χ1v) is 9.26. The highest BCUT2D eigenvalue weighted by molar-refractivity contribution is 5.75. The second-order valence-electron chi connectivity index (χ2n) is 6.83. The number of anilines is 4. The van der Waals surface area contributed by atoms with Crippen LogP contribution in [0, 0.1) is 13.8 Å². The Bertz CT molecular complexity index is 1070. The van der Waals surface area contributed by atoms with E-state index in [-0.39, 0.29) is 0 Å². The van der Waals surface area contributed by atoms with Crippen molar-refractivity contribution < 1.29 is 0 Å². The third-order valence-electron chi connectivity index (χ3n) is 4.42. The summed E-state index contributed by atoms with van der Waals surface area (Å²) in [7, 11) is 0. The van der Waals surface area contributed by atoms with Crippen molar-refractivity contribution in [3.63, 3.8) is 0 Å². The van der Waals surface area contributed by atoms with E-state index in [0.717, 1.165) is 11.4 Å². The molecule has 0 amide bonds. The number of nitrogens with one attached hydrogen (secondary N) is 2. The van der Waals surface area contributed by atoms with Crippen molar-refractivity contribution >= 4 is 23.0 Å². The summed E-state index contributed by atoms with van der Waals surface area (Å²) in [5, 5.41) is 6.71. The van der Waals surface area contributed by atoms with Crippen LogP contribution in [0.5, 0.6) is 0 Å². The maximum Gasteiger partial charge on any atom is 0.173 e. The normalized spacial score (nSPS) is 10.5. The lowest BCUT2D eigenvalue weighted by molar-refractivity contribution is 1.19. The Labute approximate surface area is 165 Å². The highest BCUT2D eigenvalue weighted by Gasteiger charge is 2.07. The van der Waals surface area contributed by atoms with E-state index in [4.69, 9.17) is 0 Å². The Morgan fingerprint density at radius 3 is 1.86 bits per heavy atom. The van der Waals surface area contributed by atoms with Crippen LogP contribution in [-0.2, 0) is 0 Å². The van der Waals surface area contributed by atoms with E-state index in [0.29, 0.717) is 11.6 Å². The molecule has 138 valence electrons. The molecule has 0 fully saturated rings. The fourth-order valence-electron chi connectivity index (χ4n) is 3.23. The molecule has 4 heteroatoms. The number of para-hydroxylation sites is 1. The predicted molar refractivity (Wildman–Crippen MR) is 116 cm³/mol. The number of hydrogen-bond donors (Lipinski definition) is 2. The fourth-order valence-corrected chi connectivity index (χ4v) is 3.23. The van der Waals surface area contributed by atoms with E-state index in [2.05, 4.69) is 70.8 Å². The number of aromatic nitrogens is 2. The maximum absolute atomic E-state index is 4.46. The highest BCUT2D eigenvalue weighted by Crippen LogP contribution is 2.28. The molecule has 28 heavy (non-hydrogen) atoms. The van der Waals surface area contributed by atoms with Crippen LogP contribution in [-0.4, -0.2) is 9.97 Å². The lowest BCUT2D eigenvalue weighted by Gasteiger charge is -2.13. The van der Waals surface area contributed by atoms with E-state index in [1.807, 2.05) is 36.4 Å². The molecule has 0 saturated heterocycles. The Morgan fingerprint density at radius 1 is 0.571 bits per heavy atom. The predicted octanol–water partition coefficient (Wildman–Crippen LogP) is 6.25. The molecule has 0 spiro atoms. The largest absolute Gasteiger partial charge is 0.337 e. The Kier molecular flexibility index (Phi) is 5.02. The molecule has 2 N–H and O–H groups in total. The first-order chi connectivity index (χ1) is 13.7. The number of rotatable bonds is 5. The van der Waals surface area contributed by atoms with E-state index >= 15 is 0 Å². The molecule has 3 aromatic carbocycles. The molecule has 0 unspecified atom stereocenters. The van der Waals surface area contributed by atoms with Crippen molar-refractivity contribution in [2.45, 2.75) is 13.8 Å². The van der Waals surface area contributed by atoms with Gasteiger partial charge in [-0.25, -0.2) is 9.97 Å². The molecule has 1 aromatic heterocycles. The fraction of sp³-hybridized carbons (Fsp3) is 0.0833. The topological polar surface area (TPSA) is 49.8 Å². The van der Waals surface area contributed by atoms with Crippen molar-refractivity contribution in [1.82, 2.24) is 9.97 Å². The minimum atomic E-state index is 0.684. The zero-order chi connectivity index (χ0) is 19.3. The van der Waals surface area contributed by atoms with Crippen LogP contribution in [0.2, 0.25) is 0 Å². The summed E-state index contributed by atoms with van der Waals surface area (Å²) in [4.78, 5) is 8.90. The second kappa shape index (κ2) is 7.92. The van der Waals surface area contributed by atoms with Crippen molar-refractivity contribution in [1.29, 1.82) is 0 Å². The van der Waals surface area contributed by atoms with Gasteiger partial charge in [0.1, 0.15) is 0 Å². The molecular formula is C24H22N4. The molecule has 0 aliphatic heterocycles. The minimum absolute atomic E-state index is 0.684. The zero-order valence-corrected chi connectivity index (χ0v) is 16.0. The Balaban J connectivity index is 1.62. The molecule has 0 aliphatic carbocycles. The van der Waals surface area contributed by atoms with Gasteiger partial charge in [-0.05, 0) is 49.2 Å². The summed E-state index contributed by atoms with van der Waals surface area (Å²) in [6.07, 6.45) is 3.37. The third-order valence-corrected chi connectivity index (χ3v) is 4.42. The summed E-state index contributed by atoms with van der Waals surface area (Å²) in [5.41, 5.74) is 6.83. The third kappa shape index (κ3) is 4.18. The number of nitrogens with zero attached hydrogens (tertiary/aromatic N) is 2. The summed E-state index contributed by atoms with van der Waals surface area (Å²) in [6.45, 7) is 4.25. The van der Waals surface area contributed by atoms with Gasteiger partial charge in [0.05, 0.1) is 0 Å². The molecule has 0 radical (unpaired) electrons. The van der Waals surface area contributed by atoms with E-state index in [9.17, 15) is 0 Å². The minimum Gasteiger partial charge on any atom is -0.337 e. The smallest absolute Gasteiger partial charge is 0.173 e. The van der Waals surface area contributed by atoms with Gasteiger partial charge >= 0.3 is 0 Å². The molecule has 0 bridgehead atoms. The van der Waals surface area contributed by atoms with Gasteiger partial charge in [-0.1, -0.05) is 59.7 Å². The first-order valence-electron chi connectivity index (χ1n) is 9.26. The van der Waals surface area contributed by atoms with Crippen molar-refractivity contribution in [3.8, 4) is 11.1 Å². The first kappa shape index (κ1) is 17.7. The number of hydrogen-bond acceptors (Lipinski definition) is 4. The van der Waals surface area contributed by atoms with Gasteiger partial charge in [0.2, 0.25) is 0 Å². The quantitative estimate of drug-likeness (QED) is 0.438. The van der Waals surface area contributed by atoms with Gasteiger partial charge in [-0.2, -0.15) is 0 Å². The van der Waals surface area contributed by atoms with E-state index in [1.54, 1.807) is 12.4 Å². The van der Waals surface area contributed by atoms with Crippen LogP contribution >= 0.6 is 0 Å². The van der Waals surface area contributed by atoms with Crippen molar-refractivity contribution in [2.24, 2.45) is 0 Å². The molecule has 4 aromatic rings. The zero-order valence-electron chi connectivity index (χ0n) is 16.0. The van der Waals surface area contributed by atoms with E-state index in [1.165, 1.54) is 22.3 Å². The molecule has 0 atom stereocenters. The van der Waals surface area contributed by atoms with Crippen LogP contribution in [0.1, 0.15) is 11.1 Å². The molecule has 0 saturated carbocycles. The monoisotopic (exact) mass is 366 g/mol. The molecule has 0 aliphatic rings. The summed E-state index contributed by atoms with van der Waals surface area (Å²) in [5.74, 6) is 1.37. The average Bonchev–Trinajstić information content (AvgIpc) is 2.70. The lowest BCUT2D eigenvalue weighted by atomic mass is 10.0. The van der Waals surface area contributed by atoms with E-state index < -0.39 is 0 Å². The highest BCUT2D eigenvalue weighted by atomic mass is 15.1. The molecule has 4 rings (SSSR count). The lowest BCUT2D eigenvalue weighted by Crippen LogP contribution is -2.01. The van der Waals surface area contributed by atoms with Crippen LogP contribution in [0.25, 0.3) is 11.1 Å². The van der Waals surface area contributed by atoms with Gasteiger partial charge in [0.25, 0.3) is 0 Å². The van der Waals surface area contributed by atoms with Crippen LogP contribution in [0.3, 0.4) is 0 Å². The van der Waals surface area contributed by atoms with Crippen LogP contribution in [0.15, 0.2) is 85.2 Å². The summed E-state index contributed by atoms with van der Waals surface area (Å²) in [6, 6.07) is 24.9. The Hall–Kier alpha value is -3.66. The van der Waals surface area contributed by atoms with Gasteiger partial charge in [-0.3, -0.25) is 0 Å². The van der Waals surface area contributed by atoms with Crippen LogP contribution < -0.4 is 10.6 Å². The van der Waals surface area contributed by atoms with Gasteiger partial charge in [0, 0.05) is 23.8 Å². The molecule has 1 heterocycles.